The predicted octanol–water partition coefficient (Wildman–Crippen LogP) is 1.79. The number of hydrogen-bond acceptors (Lipinski definition) is 7. The van der Waals surface area contributed by atoms with Gasteiger partial charge in [-0.1, -0.05) is 6.07 Å². The Morgan fingerprint density at radius 2 is 2.00 bits per heavy atom. The number of ether oxygens (including phenoxy) is 2. The number of hydrogen-bond donors (Lipinski definition) is 2. The minimum Gasteiger partial charge on any atom is -0.454 e. The number of likely N-dealkylation sites (N-methyl/N-ethyl adjacent to an activating group) is 1. The predicted molar refractivity (Wildman–Crippen MR) is 89.0 cm³/mol. The number of rotatable bonds is 7. The Morgan fingerprint density at radius 1 is 1.13 bits per heavy atom. The average molecular weight is 315 g/mol. The van der Waals surface area contributed by atoms with E-state index >= 15 is 0 Å². The fourth-order valence-electron chi connectivity index (χ4n) is 2.18. The van der Waals surface area contributed by atoms with Crippen LogP contribution in [0.15, 0.2) is 30.5 Å². The van der Waals surface area contributed by atoms with Gasteiger partial charge in [0.25, 0.3) is 0 Å². The molecule has 2 N–H and O–H groups in total. The van der Waals surface area contributed by atoms with Crippen molar-refractivity contribution in [2.75, 3.05) is 44.6 Å². The summed E-state index contributed by atoms with van der Waals surface area (Å²) in [6.07, 6.45) is 1.74. The summed E-state index contributed by atoms with van der Waals surface area (Å²) in [5.74, 6) is 2.99. The maximum Gasteiger partial charge on any atom is 0.231 e. The Bertz CT molecular complexity index is 663. The summed E-state index contributed by atoms with van der Waals surface area (Å²) in [5, 5.41) is 6.50. The molecule has 23 heavy (non-hydrogen) atoms. The van der Waals surface area contributed by atoms with Crippen LogP contribution >= 0.6 is 0 Å². The second-order valence-corrected chi connectivity index (χ2v) is 5.54. The molecule has 7 heteroatoms. The van der Waals surface area contributed by atoms with Gasteiger partial charge in [-0.2, -0.15) is 4.98 Å². The summed E-state index contributed by atoms with van der Waals surface area (Å²) < 4.78 is 10.7. The van der Waals surface area contributed by atoms with E-state index in [9.17, 15) is 0 Å². The molecule has 1 aliphatic rings. The number of fused-ring (bicyclic) bond motifs is 1. The molecule has 1 aliphatic heterocycles. The molecule has 2 aromatic rings. The van der Waals surface area contributed by atoms with Gasteiger partial charge in [-0.15, -0.1) is 0 Å². The Morgan fingerprint density at radius 3 is 2.87 bits per heavy atom. The fourth-order valence-corrected chi connectivity index (χ4v) is 2.18. The lowest BCUT2D eigenvalue weighted by molar-refractivity contribution is 0.174. The summed E-state index contributed by atoms with van der Waals surface area (Å²) in [5.41, 5.74) is 1.11. The van der Waals surface area contributed by atoms with E-state index in [1.807, 2.05) is 38.4 Å². The summed E-state index contributed by atoms with van der Waals surface area (Å²) >= 11 is 0. The molecule has 0 spiro atoms. The standard InChI is InChI=1S/C16H21N5O2/c1-21(2)8-7-18-16-17-6-5-15(20-16)19-10-12-3-4-13-14(9-12)23-11-22-13/h3-6,9H,7-8,10-11H2,1-2H3,(H2,17,18,19,20). The van der Waals surface area contributed by atoms with E-state index in [0.717, 1.165) is 36.0 Å². The van der Waals surface area contributed by atoms with Crippen LogP contribution < -0.4 is 20.1 Å². The normalized spacial score (nSPS) is 12.5. The van der Waals surface area contributed by atoms with Gasteiger partial charge in [-0.3, -0.25) is 0 Å². The van der Waals surface area contributed by atoms with Gasteiger partial charge in [-0.25, -0.2) is 4.98 Å². The maximum atomic E-state index is 5.38. The minimum absolute atomic E-state index is 0.292. The summed E-state index contributed by atoms with van der Waals surface area (Å²) in [6, 6.07) is 7.77. The van der Waals surface area contributed by atoms with Crippen molar-refractivity contribution in [3.05, 3.63) is 36.0 Å². The van der Waals surface area contributed by atoms with Gasteiger partial charge >= 0.3 is 0 Å². The molecule has 0 saturated carbocycles. The van der Waals surface area contributed by atoms with Crippen LogP contribution in [0.2, 0.25) is 0 Å². The number of benzene rings is 1. The molecule has 0 aliphatic carbocycles. The first kappa shape index (κ1) is 15.4. The van der Waals surface area contributed by atoms with Crippen LogP contribution in [0, 0.1) is 0 Å². The molecule has 2 heterocycles. The lowest BCUT2D eigenvalue weighted by atomic mass is 10.2. The fraction of sp³-hybridized carbons (Fsp3) is 0.375. The summed E-state index contributed by atoms with van der Waals surface area (Å²) in [4.78, 5) is 10.8. The number of nitrogens with zero attached hydrogens (tertiary/aromatic N) is 3. The first-order valence-corrected chi connectivity index (χ1v) is 7.55. The van der Waals surface area contributed by atoms with Crippen molar-refractivity contribution in [2.24, 2.45) is 0 Å². The van der Waals surface area contributed by atoms with E-state index in [1.165, 1.54) is 0 Å². The highest BCUT2D eigenvalue weighted by Crippen LogP contribution is 2.32. The van der Waals surface area contributed by atoms with Crippen molar-refractivity contribution in [1.82, 2.24) is 14.9 Å². The van der Waals surface area contributed by atoms with Crippen LogP contribution in [-0.2, 0) is 6.54 Å². The van der Waals surface area contributed by atoms with Gasteiger partial charge in [0.2, 0.25) is 12.7 Å². The molecule has 7 nitrogen and oxygen atoms in total. The van der Waals surface area contributed by atoms with Crippen LogP contribution in [0.25, 0.3) is 0 Å². The highest BCUT2D eigenvalue weighted by atomic mass is 16.7. The zero-order chi connectivity index (χ0) is 16.1. The number of anilines is 2. The van der Waals surface area contributed by atoms with Crippen molar-refractivity contribution >= 4 is 11.8 Å². The molecule has 3 rings (SSSR count). The summed E-state index contributed by atoms with van der Waals surface area (Å²) in [6.45, 7) is 2.68. The topological polar surface area (TPSA) is 71.5 Å². The first-order valence-electron chi connectivity index (χ1n) is 7.55. The van der Waals surface area contributed by atoms with Crippen LogP contribution in [0.5, 0.6) is 11.5 Å². The first-order chi connectivity index (χ1) is 11.2. The second kappa shape index (κ2) is 7.15. The van der Waals surface area contributed by atoms with Gasteiger partial charge in [0.05, 0.1) is 0 Å². The number of nitrogens with one attached hydrogen (secondary N) is 2. The zero-order valence-electron chi connectivity index (χ0n) is 13.4. The van der Waals surface area contributed by atoms with E-state index in [4.69, 9.17) is 9.47 Å². The van der Waals surface area contributed by atoms with Gasteiger partial charge in [0, 0.05) is 25.8 Å². The maximum absolute atomic E-state index is 5.38. The molecular formula is C16H21N5O2. The lowest BCUT2D eigenvalue weighted by Crippen LogP contribution is -2.21. The molecule has 0 fully saturated rings. The molecule has 0 unspecified atom stereocenters. The molecule has 122 valence electrons. The third-order valence-corrected chi connectivity index (χ3v) is 3.41. The van der Waals surface area contributed by atoms with Crippen molar-refractivity contribution < 1.29 is 9.47 Å². The van der Waals surface area contributed by atoms with E-state index in [0.29, 0.717) is 19.3 Å². The van der Waals surface area contributed by atoms with Gasteiger partial charge in [-0.05, 0) is 37.9 Å². The molecule has 0 amide bonds. The molecular weight excluding hydrogens is 294 g/mol. The summed E-state index contributed by atoms with van der Waals surface area (Å²) in [7, 11) is 4.07. The molecule has 0 radical (unpaired) electrons. The number of aromatic nitrogens is 2. The Hall–Kier alpha value is -2.54. The highest BCUT2D eigenvalue weighted by molar-refractivity contribution is 5.46. The van der Waals surface area contributed by atoms with Crippen LogP contribution in [0.4, 0.5) is 11.8 Å². The van der Waals surface area contributed by atoms with E-state index in [2.05, 4.69) is 25.5 Å². The van der Waals surface area contributed by atoms with Gasteiger partial charge in [0.15, 0.2) is 11.5 Å². The van der Waals surface area contributed by atoms with Crippen molar-refractivity contribution in [1.29, 1.82) is 0 Å². The zero-order valence-corrected chi connectivity index (χ0v) is 13.4. The minimum atomic E-state index is 0.292. The molecule has 1 aromatic heterocycles. The molecule has 1 aromatic carbocycles. The third-order valence-electron chi connectivity index (χ3n) is 3.41. The van der Waals surface area contributed by atoms with Crippen LogP contribution in [-0.4, -0.2) is 48.8 Å². The van der Waals surface area contributed by atoms with Crippen molar-refractivity contribution in [3.63, 3.8) is 0 Å². The van der Waals surface area contributed by atoms with Gasteiger partial charge < -0.3 is 25.0 Å². The Labute approximate surface area is 135 Å². The van der Waals surface area contributed by atoms with Gasteiger partial charge in [0.1, 0.15) is 5.82 Å². The largest absolute Gasteiger partial charge is 0.454 e. The average Bonchev–Trinajstić information content (AvgIpc) is 3.00. The van der Waals surface area contributed by atoms with Crippen molar-refractivity contribution in [2.45, 2.75) is 6.54 Å². The highest BCUT2D eigenvalue weighted by Gasteiger charge is 2.13. The lowest BCUT2D eigenvalue weighted by Gasteiger charge is -2.11. The quantitative estimate of drug-likeness (QED) is 0.807. The molecule has 0 saturated heterocycles. The SMILES string of the molecule is CN(C)CCNc1nccc(NCc2ccc3c(c2)OCO3)n1. The van der Waals surface area contributed by atoms with Crippen LogP contribution in [0.1, 0.15) is 5.56 Å². The van der Waals surface area contributed by atoms with E-state index in [1.54, 1.807) is 6.20 Å². The second-order valence-electron chi connectivity index (χ2n) is 5.54. The van der Waals surface area contributed by atoms with Crippen LogP contribution in [0.3, 0.4) is 0 Å². The smallest absolute Gasteiger partial charge is 0.231 e. The third kappa shape index (κ3) is 4.23. The Balaban J connectivity index is 1.55. The Kier molecular flexibility index (Phi) is 4.77. The molecule has 0 atom stereocenters. The monoisotopic (exact) mass is 315 g/mol. The van der Waals surface area contributed by atoms with E-state index in [-0.39, 0.29) is 0 Å². The van der Waals surface area contributed by atoms with Crippen molar-refractivity contribution in [3.8, 4) is 11.5 Å². The molecule has 0 bridgehead atoms. The van der Waals surface area contributed by atoms with E-state index < -0.39 is 0 Å².